The highest BCUT2D eigenvalue weighted by Gasteiger charge is 2.28. The lowest BCUT2D eigenvalue weighted by Gasteiger charge is -2.31. The summed E-state index contributed by atoms with van der Waals surface area (Å²) >= 11 is 3.61. The van der Waals surface area contributed by atoms with Crippen LogP contribution in [0.25, 0.3) is 0 Å². The molecule has 0 unspecified atom stereocenters. The van der Waals surface area contributed by atoms with Crippen LogP contribution in [0.5, 0.6) is 5.75 Å². The van der Waals surface area contributed by atoms with Crippen molar-refractivity contribution in [2.75, 3.05) is 11.9 Å². The molecule has 1 rings (SSSR count). The number of hydrogen-bond acceptors (Lipinski definition) is 1. The molecule has 0 aliphatic rings. The molecule has 1 aromatic carbocycles. The van der Waals surface area contributed by atoms with E-state index in [0.717, 1.165) is 36.6 Å². The first-order chi connectivity index (χ1) is 9.06. The molecular formula is C16H24BrFO. The second kappa shape index (κ2) is 7.88. The van der Waals surface area contributed by atoms with Gasteiger partial charge in [0.15, 0.2) is 11.6 Å². The van der Waals surface area contributed by atoms with Crippen LogP contribution >= 0.6 is 15.9 Å². The van der Waals surface area contributed by atoms with Gasteiger partial charge in [0.25, 0.3) is 0 Å². The van der Waals surface area contributed by atoms with Crippen LogP contribution < -0.4 is 4.74 Å². The molecule has 1 nitrogen and oxygen atoms in total. The molecule has 0 spiro atoms. The molecule has 0 aliphatic carbocycles. The van der Waals surface area contributed by atoms with E-state index in [2.05, 4.69) is 29.8 Å². The van der Waals surface area contributed by atoms with Gasteiger partial charge < -0.3 is 4.74 Å². The topological polar surface area (TPSA) is 9.23 Å². The molecule has 0 saturated heterocycles. The zero-order valence-electron chi connectivity index (χ0n) is 12.1. The molecule has 0 aliphatic heterocycles. The van der Waals surface area contributed by atoms with Crippen molar-refractivity contribution in [3.05, 3.63) is 29.6 Å². The molecule has 0 radical (unpaired) electrons. The summed E-state index contributed by atoms with van der Waals surface area (Å²) in [5.41, 5.74) is 1.13. The first-order valence-electron chi connectivity index (χ1n) is 7.02. The van der Waals surface area contributed by atoms with Crippen molar-refractivity contribution in [1.29, 1.82) is 0 Å². The summed E-state index contributed by atoms with van der Waals surface area (Å²) in [5, 5.41) is 0.898. The predicted molar refractivity (Wildman–Crippen MR) is 82.7 cm³/mol. The molecule has 0 saturated carbocycles. The van der Waals surface area contributed by atoms with Crippen molar-refractivity contribution in [3.63, 3.8) is 0 Å². The molecule has 1 aromatic rings. The van der Waals surface area contributed by atoms with Gasteiger partial charge in [0.05, 0.1) is 6.61 Å². The molecule has 0 bridgehead atoms. The second-order valence-corrected chi connectivity index (χ2v) is 5.92. The maximum absolute atomic E-state index is 13.7. The highest BCUT2D eigenvalue weighted by Crippen LogP contribution is 2.33. The summed E-state index contributed by atoms with van der Waals surface area (Å²) in [7, 11) is 0. The van der Waals surface area contributed by atoms with Gasteiger partial charge in [-0.1, -0.05) is 48.7 Å². The lowest BCUT2D eigenvalue weighted by molar-refractivity contribution is 0.140. The van der Waals surface area contributed by atoms with E-state index in [0.29, 0.717) is 12.4 Å². The van der Waals surface area contributed by atoms with E-state index in [1.165, 1.54) is 6.07 Å². The average molecular weight is 331 g/mol. The van der Waals surface area contributed by atoms with Gasteiger partial charge in [0, 0.05) is 10.7 Å². The van der Waals surface area contributed by atoms with Crippen molar-refractivity contribution in [1.82, 2.24) is 0 Å². The number of hydrogen-bond donors (Lipinski definition) is 0. The molecule has 108 valence electrons. The van der Waals surface area contributed by atoms with Crippen molar-refractivity contribution < 1.29 is 9.13 Å². The SMILES string of the molecule is CCCC(CBr)(CCC)COc1cc(C)ccc1F. The highest BCUT2D eigenvalue weighted by molar-refractivity contribution is 9.09. The van der Waals surface area contributed by atoms with Gasteiger partial charge in [-0.3, -0.25) is 0 Å². The number of benzene rings is 1. The van der Waals surface area contributed by atoms with Crippen LogP contribution in [0.15, 0.2) is 18.2 Å². The third-order valence-electron chi connectivity index (χ3n) is 3.46. The van der Waals surface area contributed by atoms with Crippen molar-refractivity contribution in [2.24, 2.45) is 5.41 Å². The fourth-order valence-electron chi connectivity index (χ4n) is 2.45. The smallest absolute Gasteiger partial charge is 0.165 e. The molecule has 0 heterocycles. The van der Waals surface area contributed by atoms with E-state index in [-0.39, 0.29) is 11.2 Å². The van der Waals surface area contributed by atoms with E-state index in [9.17, 15) is 4.39 Å². The lowest BCUT2D eigenvalue weighted by Crippen LogP contribution is -2.30. The number of halogens is 2. The lowest BCUT2D eigenvalue weighted by atomic mass is 9.82. The maximum Gasteiger partial charge on any atom is 0.165 e. The van der Waals surface area contributed by atoms with Gasteiger partial charge in [-0.15, -0.1) is 0 Å². The van der Waals surface area contributed by atoms with Gasteiger partial charge in [-0.2, -0.15) is 0 Å². The van der Waals surface area contributed by atoms with Crippen molar-refractivity contribution in [3.8, 4) is 5.75 Å². The standard InChI is InChI=1S/C16H24BrFO/c1-4-8-16(11-17,9-5-2)12-19-15-10-13(3)6-7-14(15)18/h6-7,10H,4-5,8-9,11-12H2,1-3H3. The maximum atomic E-state index is 13.7. The first kappa shape index (κ1) is 16.5. The van der Waals surface area contributed by atoms with Crippen LogP contribution in [-0.4, -0.2) is 11.9 Å². The Bertz CT molecular complexity index is 386. The Kier molecular flexibility index (Phi) is 6.84. The Hall–Kier alpha value is -0.570. The van der Waals surface area contributed by atoms with E-state index in [1.807, 2.05) is 6.92 Å². The minimum atomic E-state index is -0.276. The summed E-state index contributed by atoms with van der Waals surface area (Å²) in [6.07, 6.45) is 4.43. The Morgan fingerprint density at radius 2 is 1.84 bits per heavy atom. The Morgan fingerprint density at radius 1 is 1.21 bits per heavy atom. The van der Waals surface area contributed by atoms with Gasteiger partial charge in [-0.05, 0) is 37.5 Å². The number of rotatable bonds is 8. The van der Waals surface area contributed by atoms with Gasteiger partial charge in [0.1, 0.15) is 0 Å². The molecule has 0 N–H and O–H groups in total. The fourth-order valence-corrected chi connectivity index (χ4v) is 3.18. The molecule has 3 heteroatoms. The largest absolute Gasteiger partial charge is 0.490 e. The molecule has 0 amide bonds. The quantitative estimate of drug-likeness (QED) is 0.572. The van der Waals surface area contributed by atoms with Gasteiger partial charge >= 0.3 is 0 Å². The number of ether oxygens (including phenoxy) is 1. The molecule has 0 aromatic heterocycles. The first-order valence-corrected chi connectivity index (χ1v) is 8.14. The minimum Gasteiger partial charge on any atom is -0.490 e. The van der Waals surface area contributed by atoms with Crippen molar-refractivity contribution in [2.45, 2.75) is 46.5 Å². The summed E-state index contributed by atoms with van der Waals surface area (Å²) < 4.78 is 19.5. The Morgan fingerprint density at radius 3 is 2.37 bits per heavy atom. The predicted octanol–water partition coefficient (Wildman–Crippen LogP) is 5.49. The van der Waals surface area contributed by atoms with Crippen LogP contribution in [-0.2, 0) is 0 Å². The van der Waals surface area contributed by atoms with E-state index in [1.54, 1.807) is 12.1 Å². The summed E-state index contributed by atoms with van der Waals surface area (Å²) in [5.74, 6) is 0.0969. The summed E-state index contributed by atoms with van der Waals surface area (Å²) in [4.78, 5) is 0. The van der Waals surface area contributed by atoms with Crippen LogP contribution in [0.4, 0.5) is 4.39 Å². The molecular weight excluding hydrogens is 307 g/mol. The zero-order valence-corrected chi connectivity index (χ0v) is 13.7. The Labute approximate surface area is 124 Å². The molecule has 19 heavy (non-hydrogen) atoms. The van der Waals surface area contributed by atoms with Crippen LogP contribution in [0, 0.1) is 18.2 Å². The third kappa shape index (κ3) is 4.79. The van der Waals surface area contributed by atoms with Crippen LogP contribution in [0.3, 0.4) is 0 Å². The van der Waals surface area contributed by atoms with E-state index in [4.69, 9.17) is 4.74 Å². The normalized spacial score (nSPS) is 11.6. The monoisotopic (exact) mass is 330 g/mol. The van der Waals surface area contributed by atoms with E-state index >= 15 is 0 Å². The number of alkyl halides is 1. The minimum absolute atomic E-state index is 0.111. The highest BCUT2D eigenvalue weighted by atomic mass is 79.9. The Balaban J connectivity index is 2.77. The number of aryl methyl sites for hydroxylation is 1. The average Bonchev–Trinajstić information content (AvgIpc) is 2.40. The van der Waals surface area contributed by atoms with E-state index < -0.39 is 0 Å². The van der Waals surface area contributed by atoms with Gasteiger partial charge in [-0.25, -0.2) is 4.39 Å². The summed E-state index contributed by atoms with van der Waals surface area (Å²) in [6, 6.07) is 5.00. The van der Waals surface area contributed by atoms with Crippen molar-refractivity contribution >= 4 is 15.9 Å². The zero-order chi connectivity index (χ0) is 14.3. The van der Waals surface area contributed by atoms with Crippen LogP contribution in [0.2, 0.25) is 0 Å². The van der Waals surface area contributed by atoms with Crippen LogP contribution in [0.1, 0.15) is 45.1 Å². The van der Waals surface area contributed by atoms with Gasteiger partial charge in [0.2, 0.25) is 0 Å². The second-order valence-electron chi connectivity index (χ2n) is 5.36. The molecule has 0 atom stereocenters. The third-order valence-corrected chi connectivity index (χ3v) is 4.65. The fraction of sp³-hybridized carbons (Fsp3) is 0.625. The summed E-state index contributed by atoms with van der Waals surface area (Å²) in [6.45, 7) is 6.88. The molecule has 0 fully saturated rings.